The molecule has 0 radical (unpaired) electrons. The average Bonchev–Trinajstić information content (AvgIpc) is 2.71. The van der Waals surface area contributed by atoms with E-state index in [1.807, 2.05) is 6.92 Å². The van der Waals surface area contributed by atoms with Gasteiger partial charge in [0, 0.05) is 19.7 Å². The van der Waals surface area contributed by atoms with Crippen LogP contribution in [0.2, 0.25) is 0 Å². The first kappa shape index (κ1) is 11.5. The van der Waals surface area contributed by atoms with Crippen LogP contribution < -0.4 is 5.32 Å². The van der Waals surface area contributed by atoms with Crippen LogP contribution in [0.4, 0.5) is 0 Å². The molecule has 0 bridgehead atoms. The summed E-state index contributed by atoms with van der Waals surface area (Å²) >= 11 is 0. The zero-order valence-electron chi connectivity index (χ0n) is 10.1. The molecule has 0 fully saturated rings. The molecule has 1 unspecified atom stereocenters. The highest BCUT2D eigenvalue weighted by Crippen LogP contribution is 2.20. The Balaban J connectivity index is 2.14. The van der Waals surface area contributed by atoms with Crippen molar-refractivity contribution < 1.29 is 4.74 Å². The van der Waals surface area contributed by atoms with E-state index in [0.29, 0.717) is 12.6 Å². The van der Waals surface area contributed by atoms with Crippen molar-refractivity contribution in [2.75, 3.05) is 13.2 Å². The first-order valence-electron chi connectivity index (χ1n) is 6.09. The Morgan fingerprint density at radius 2 is 2.31 bits per heavy atom. The molecule has 2 rings (SSSR count). The first-order chi connectivity index (χ1) is 7.86. The summed E-state index contributed by atoms with van der Waals surface area (Å²) in [5.74, 6) is 2.03. The van der Waals surface area contributed by atoms with Gasteiger partial charge in [0.1, 0.15) is 12.4 Å². The molecule has 1 aliphatic rings. The van der Waals surface area contributed by atoms with Gasteiger partial charge in [0.2, 0.25) is 0 Å². The van der Waals surface area contributed by atoms with Crippen LogP contribution in [0.3, 0.4) is 0 Å². The molecular weight excluding hydrogens is 204 g/mol. The minimum atomic E-state index is 0.363. The third kappa shape index (κ3) is 2.25. The summed E-state index contributed by atoms with van der Waals surface area (Å²) in [7, 11) is 0. The van der Waals surface area contributed by atoms with Gasteiger partial charge < -0.3 is 14.6 Å². The second-order valence-electron chi connectivity index (χ2n) is 4.06. The number of ether oxygens (including phenoxy) is 1. The molecule has 1 aromatic heterocycles. The Labute approximate surface area is 96.2 Å². The van der Waals surface area contributed by atoms with Crippen LogP contribution in [0.15, 0.2) is 0 Å². The highest BCUT2D eigenvalue weighted by molar-refractivity contribution is 5.03. The van der Waals surface area contributed by atoms with Crippen molar-refractivity contribution in [3.8, 4) is 0 Å². The average molecular weight is 224 g/mol. The Kier molecular flexibility index (Phi) is 3.90. The second-order valence-corrected chi connectivity index (χ2v) is 4.06. The van der Waals surface area contributed by atoms with Crippen molar-refractivity contribution >= 4 is 0 Å². The van der Waals surface area contributed by atoms with Crippen molar-refractivity contribution in [2.45, 2.75) is 45.9 Å². The normalized spacial score (nSPS) is 19.8. The standard InChI is InChI=1S/C11H20N4O/c1-3-5-9-11-14-13-10(8-16-4-2)15(11)7-6-12-9/h9,12H,3-8H2,1-2H3. The number of hydrogen-bond donors (Lipinski definition) is 1. The Morgan fingerprint density at radius 1 is 1.44 bits per heavy atom. The van der Waals surface area contributed by atoms with Crippen LogP contribution in [0.5, 0.6) is 0 Å². The van der Waals surface area contributed by atoms with Crippen molar-refractivity contribution in [1.82, 2.24) is 20.1 Å². The topological polar surface area (TPSA) is 52.0 Å². The zero-order valence-corrected chi connectivity index (χ0v) is 10.1. The van der Waals surface area contributed by atoms with E-state index in [2.05, 4.69) is 27.0 Å². The maximum absolute atomic E-state index is 5.40. The van der Waals surface area contributed by atoms with Gasteiger partial charge in [-0.3, -0.25) is 0 Å². The molecule has 5 nitrogen and oxygen atoms in total. The molecule has 1 N–H and O–H groups in total. The van der Waals surface area contributed by atoms with Gasteiger partial charge in [-0.15, -0.1) is 10.2 Å². The molecule has 0 saturated heterocycles. The largest absolute Gasteiger partial charge is 0.374 e. The third-order valence-corrected chi connectivity index (χ3v) is 2.91. The van der Waals surface area contributed by atoms with Gasteiger partial charge >= 0.3 is 0 Å². The van der Waals surface area contributed by atoms with Crippen molar-refractivity contribution in [1.29, 1.82) is 0 Å². The van der Waals surface area contributed by atoms with Gasteiger partial charge in [0.05, 0.1) is 6.04 Å². The quantitative estimate of drug-likeness (QED) is 0.818. The molecule has 2 heterocycles. The summed E-state index contributed by atoms with van der Waals surface area (Å²) in [6.07, 6.45) is 2.28. The van der Waals surface area contributed by atoms with E-state index in [0.717, 1.165) is 44.2 Å². The van der Waals surface area contributed by atoms with E-state index in [9.17, 15) is 0 Å². The number of aromatic nitrogens is 3. The lowest BCUT2D eigenvalue weighted by atomic mass is 10.1. The van der Waals surface area contributed by atoms with Crippen molar-refractivity contribution in [2.24, 2.45) is 0 Å². The lowest BCUT2D eigenvalue weighted by Crippen LogP contribution is -2.34. The number of rotatable bonds is 5. The summed E-state index contributed by atoms with van der Waals surface area (Å²) < 4.78 is 7.60. The molecule has 0 aliphatic carbocycles. The molecule has 5 heteroatoms. The molecule has 0 spiro atoms. The van der Waals surface area contributed by atoms with Crippen LogP contribution in [0.1, 0.15) is 44.4 Å². The summed E-state index contributed by atoms with van der Waals surface area (Å²) in [5.41, 5.74) is 0. The Hall–Kier alpha value is -0.940. The van der Waals surface area contributed by atoms with Crippen molar-refractivity contribution in [3.05, 3.63) is 11.6 Å². The number of fused-ring (bicyclic) bond motifs is 1. The van der Waals surface area contributed by atoms with Gasteiger partial charge in [-0.05, 0) is 13.3 Å². The summed E-state index contributed by atoms with van der Waals surface area (Å²) in [4.78, 5) is 0. The maximum Gasteiger partial charge on any atom is 0.159 e. The molecule has 1 aliphatic heterocycles. The summed E-state index contributed by atoms with van der Waals surface area (Å²) in [5, 5.41) is 12.0. The minimum Gasteiger partial charge on any atom is -0.374 e. The van der Waals surface area contributed by atoms with E-state index in [1.54, 1.807) is 0 Å². The molecule has 0 saturated carbocycles. The Bertz CT molecular complexity index is 337. The monoisotopic (exact) mass is 224 g/mol. The molecular formula is C11H20N4O. The van der Waals surface area contributed by atoms with E-state index < -0.39 is 0 Å². The third-order valence-electron chi connectivity index (χ3n) is 2.91. The van der Waals surface area contributed by atoms with Crippen LogP contribution in [-0.2, 0) is 17.9 Å². The SMILES string of the molecule is CCCC1NCCn2c(COCC)nnc21. The lowest BCUT2D eigenvalue weighted by molar-refractivity contribution is 0.124. The fraction of sp³-hybridized carbons (Fsp3) is 0.818. The zero-order chi connectivity index (χ0) is 11.4. The Morgan fingerprint density at radius 3 is 3.06 bits per heavy atom. The molecule has 0 aromatic carbocycles. The second kappa shape index (κ2) is 5.41. The molecule has 16 heavy (non-hydrogen) atoms. The molecule has 90 valence electrons. The van der Waals surface area contributed by atoms with E-state index in [4.69, 9.17) is 4.74 Å². The van der Waals surface area contributed by atoms with Gasteiger partial charge in [-0.25, -0.2) is 0 Å². The lowest BCUT2D eigenvalue weighted by Gasteiger charge is -2.24. The van der Waals surface area contributed by atoms with Crippen LogP contribution in [0, 0.1) is 0 Å². The fourth-order valence-corrected chi connectivity index (χ4v) is 2.11. The van der Waals surface area contributed by atoms with Gasteiger partial charge in [0.25, 0.3) is 0 Å². The van der Waals surface area contributed by atoms with Gasteiger partial charge in [0.15, 0.2) is 5.82 Å². The highest BCUT2D eigenvalue weighted by atomic mass is 16.5. The van der Waals surface area contributed by atoms with E-state index >= 15 is 0 Å². The smallest absolute Gasteiger partial charge is 0.159 e. The van der Waals surface area contributed by atoms with E-state index in [-0.39, 0.29) is 0 Å². The maximum atomic E-state index is 5.40. The summed E-state index contributed by atoms with van der Waals surface area (Å²) in [6, 6.07) is 0.363. The predicted octanol–water partition coefficient (Wildman–Crippen LogP) is 1.26. The van der Waals surface area contributed by atoms with E-state index in [1.165, 1.54) is 0 Å². The van der Waals surface area contributed by atoms with Gasteiger partial charge in [-0.1, -0.05) is 13.3 Å². The number of nitrogens with one attached hydrogen (secondary N) is 1. The molecule has 1 aromatic rings. The number of hydrogen-bond acceptors (Lipinski definition) is 4. The van der Waals surface area contributed by atoms with Crippen LogP contribution in [-0.4, -0.2) is 27.9 Å². The molecule has 1 atom stereocenters. The highest BCUT2D eigenvalue weighted by Gasteiger charge is 2.23. The fourth-order valence-electron chi connectivity index (χ4n) is 2.11. The van der Waals surface area contributed by atoms with Crippen LogP contribution in [0.25, 0.3) is 0 Å². The van der Waals surface area contributed by atoms with Crippen molar-refractivity contribution in [3.63, 3.8) is 0 Å². The predicted molar refractivity (Wildman–Crippen MR) is 61.0 cm³/mol. The van der Waals surface area contributed by atoms with Crippen LogP contribution >= 0.6 is 0 Å². The molecule has 0 amide bonds. The number of nitrogens with zero attached hydrogens (tertiary/aromatic N) is 3. The minimum absolute atomic E-state index is 0.363. The summed E-state index contributed by atoms with van der Waals surface area (Å²) in [6.45, 7) is 7.42. The van der Waals surface area contributed by atoms with Gasteiger partial charge in [-0.2, -0.15) is 0 Å². The first-order valence-corrected chi connectivity index (χ1v) is 6.09.